The van der Waals surface area contributed by atoms with Gasteiger partial charge in [-0.1, -0.05) is 37.8 Å². The molecule has 5 rings (SSSR count). The van der Waals surface area contributed by atoms with E-state index in [-0.39, 0.29) is 0 Å². The van der Waals surface area contributed by atoms with Crippen LogP contribution in [-0.4, -0.2) is 32.6 Å². The summed E-state index contributed by atoms with van der Waals surface area (Å²) in [6.45, 7) is 3.03. The van der Waals surface area contributed by atoms with Gasteiger partial charge in [0.25, 0.3) is 0 Å². The summed E-state index contributed by atoms with van der Waals surface area (Å²) in [7, 11) is 0. The maximum atomic E-state index is 12.6. The maximum absolute atomic E-state index is 12.6. The van der Waals surface area contributed by atoms with Crippen LogP contribution in [0.15, 0.2) is 33.9 Å². The Morgan fingerprint density at radius 1 is 0.967 bits per heavy atom. The molecule has 1 N–H and O–H groups in total. The van der Waals surface area contributed by atoms with Crippen LogP contribution in [0.25, 0.3) is 11.0 Å². The van der Waals surface area contributed by atoms with Gasteiger partial charge in [-0.3, -0.25) is 14.5 Å². The number of aromatic nitrogens is 2. The Hall–Kier alpha value is -1.88. The molecule has 2 aliphatic carbocycles. The average Bonchev–Trinajstić information content (AvgIpc) is 2.74. The fourth-order valence-electron chi connectivity index (χ4n) is 6.92. The number of nitrogens with zero attached hydrogens (tertiary/aromatic N) is 2. The third-order valence-electron chi connectivity index (χ3n) is 8.18. The molecule has 5 nitrogen and oxygen atoms in total. The minimum Gasteiger partial charge on any atom is -0.316 e. The van der Waals surface area contributed by atoms with Gasteiger partial charge in [-0.25, -0.2) is 0 Å². The molecule has 0 spiro atoms. The molecular formula is C25H35N3O2. The van der Waals surface area contributed by atoms with Crippen LogP contribution in [0, 0.1) is 11.8 Å². The molecular weight excluding hydrogens is 374 g/mol. The lowest BCUT2D eigenvalue weighted by Gasteiger charge is -2.51. The second-order valence-electron chi connectivity index (χ2n) is 10.1. The molecule has 3 fully saturated rings. The summed E-state index contributed by atoms with van der Waals surface area (Å²) in [5, 5.41) is 0. The Bertz CT molecular complexity index is 997. The minimum absolute atomic E-state index is 0.420. The molecule has 1 saturated heterocycles. The predicted octanol–water partition coefficient (Wildman–Crippen LogP) is 4.29. The quantitative estimate of drug-likeness (QED) is 0.767. The van der Waals surface area contributed by atoms with Gasteiger partial charge in [0.15, 0.2) is 0 Å². The Morgan fingerprint density at radius 3 is 2.50 bits per heavy atom. The van der Waals surface area contributed by atoms with E-state index in [0.717, 1.165) is 29.3 Å². The second kappa shape index (κ2) is 8.33. The van der Waals surface area contributed by atoms with E-state index in [1.54, 1.807) is 4.57 Å². The van der Waals surface area contributed by atoms with E-state index in [4.69, 9.17) is 0 Å². The summed E-state index contributed by atoms with van der Waals surface area (Å²) in [5.74, 6) is 1.85. The lowest BCUT2D eigenvalue weighted by Crippen LogP contribution is -2.54. The van der Waals surface area contributed by atoms with E-state index < -0.39 is 11.1 Å². The number of piperidine rings is 1. The Balaban J connectivity index is 1.38. The summed E-state index contributed by atoms with van der Waals surface area (Å²) in [5.41, 5.74) is 0.653. The fourth-order valence-corrected chi connectivity index (χ4v) is 6.92. The smallest absolute Gasteiger partial charge is 0.316 e. The molecule has 5 heteroatoms. The van der Waals surface area contributed by atoms with Crippen LogP contribution in [0.4, 0.5) is 0 Å². The number of hydrogen-bond acceptors (Lipinski definition) is 3. The molecule has 3 aliphatic rings. The number of hydrogen-bond donors (Lipinski definition) is 1. The van der Waals surface area contributed by atoms with E-state index in [1.807, 2.05) is 24.3 Å². The van der Waals surface area contributed by atoms with Crippen molar-refractivity contribution in [1.29, 1.82) is 0 Å². The van der Waals surface area contributed by atoms with Gasteiger partial charge in [-0.2, -0.15) is 0 Å². The molecule has 5 atom stereocenters. The summed E-state index contributed by atoms with van der Waals surface area (Å²) >= 11 is 0. The number of fused-ring (bicyclic) bond motifs is 3. The molecule has 1 aromatic carbocycles. The first-order valence-corrected chi connectivity index (χ1v) is 12.1. The van der Waals surface area contributed by atoms with E-state index >= 15 is 0 Å². The van der Waals surface area contributed by atoms with Crippen LogP contribution >= 0.6 is 0 Å². The van der Waals surface area contributed by atoms with E-state index in [1.165, 1.54) is 57.8 Å². The zero-order valence-electron chi connectivity index (χ0n) is 18.2. The lowest BCUT2D eigenvalue weighted by molar-refractivity contribution is -0.00908. The molecule has 30 heavy (non-hydrogen) atoms. The number of benzene rings is 1. The third kappa shape index (κ3) is 3.77. The van der Waals surface area contributed by atoms with E-state index in [9.17, 15) is 9.59 Å². The van der Waals surface area contributed by atoms with Gasteiger partial charge in [0.2, 0.25) is 0 Å². The van der Waals surface area contributed by atoms with E-state index in [0.29, 0.717) is 24.7 Å². The van der Waals surface area contributed by atoms with Crippen molar-refractivity contribution < 1.29 is 0 Å². The molecule has 2 aromatic rings. The van der Waals surface area contributed by atoms with Crippen LogP contribution in [0.2, 0.25) is 0 Å². The van der Waals surface area contributed by atoms with Gasteiger partial charge in [0, 0.05) is 24.7 Å². The van der Waals surface area contributed by atoms with Crippen molar-refractivity contribution in [2.75, 3.05) is 0 Å². The summed E-state index contributed by atoms with van der Waals surface area (Å²) in [6.07, 6.45) is 13.2. The number of H-pyrrole nitrogens is 1. The second-order valence-corrected chi connectivity index (χ2v) is 10.1. The summed E-state index contributed by atoms with van der Waals surface area (Å²) in [4.78, 5) is 30.4. The molecule has 2 saturated carbocycles. The maximum Gasteiger partial charge on any atom is 0.316 e. The number of rotatable bonds is 4. The van der Waals surface area contributed by atoms with Crippen molar-refractivity contribution in [2.45, 2.75) is 95.8 Å². The average molecular weight is 410 g/mol. The van der Waals surface area contributed by atoms with Gasteiger partial charge in [0.1, 0.15) is 0 Å². The van der Waals surface area contributed by atoms with Crippen molar-refractivity contribution in [3.8, 4) is 0 Å². The molecule has 0 amide bonds. The number of aromatic amines is 1. The summed E-state index contributed by atoms with van der Waals surface area (Å²) in [6, 6.07) is 9.51. The highest BCUT2D eigenvalue weighted by molar-refractivity contribution is 5.74. The van der Waals surface area contributed by atoms with Crippen LogP contribution in [-0.2, 0) is 6.54 Å². The first-order valence-electron chi connectivity index (χ1n) is 12.1. The standard InChI is InChI=1S/C25H35N3O2/c1-17-6-4-9-20(28(17)21-15-18-7-5-8-19(14-18)16-21)12-13-27-23-11-3-2-10-22(23)26-24(29)25(27)30/h2-3,10-11,17-21H,4-9,12-16H2,1H3,(H,26,29)/t17-,18-,19+,20-,21?/m1/s1. The first-order chi connectivity index (χ1) is 14.6. The highest BCUT2D eigenvalue weighted by atomic mass is 16.2. The van der Waals surface area contributed by atoms with Crippen LogP contribution in [0.3, 0.4) is 0 Å². The normalized spacial score (nSPS) is 32.4. The highest BCUT2D eigenvalue weighted by Crippen LogP contribution is 2.43. The molecule has 0 radical (unpaired) electrons. The molecule has 1 aliphatic heterocycles. The zero-order valence-corrected chi connectivity index (χ0v) is 18.2. The SMILES string of the molecule is C[C@@H]1CCC[C@H](CCn2c(=O)c(=O)[nH]c3ccccc32)N1C1C[C@H]2CCC[C@@H](C1)C2. The zero-order chi connectivity index (χ0) is 20.7. The van der Waals surface area contributed by atoms with Crippen molar-refractivity contribution in [3.63, 3.8) is 0 Å². The van der Waals surface area contributed by atoms with Crippen molar-refractivity contribution in [1.82, 2.24) is 14.5 Å². The fraction of sp³-hybridized carbons (Fsp3) is 0.680. The Morgan fingerprint density at radius 2 is 1.70 bits per heavy atom. The highest BCUT2D eigenvalue weighted by Gasteiger charge is 2.39. The Labute approximate surface area is 178 Å². The van der Waals surface area contributed by atoms with Gasteiger partial charge in [-0.15, -0.1) is 0 Å². The molecule has 2 heterocycles. The van der Waals surface area contributed by atoms with Gasteiger partial charge < -0.3 is 9.55 Å². The molecule has 162 valence electrons. The number of para-hydroxylation sites is 2. The number of aryl methyl sites for hydroxylation is 1. The van der Waals surface area contributed by atoms with Gasteiger partial charge in [0.05, 0.1) is 11.0 Å². The first kappa shape index (κ1) is 20.0. The predicted molar refractivity (Wildman–Crippen MR) is 121 cm³/mol. The van der Waals surface area contributed by atoms with Gasteiger partial charge in [-0.05, 0) is 69.4 Å². The van der Waals surface area contributed by atoms with Crippen LogP contribution in [0.1, 0.15) is 71.1 Å². The van der Waals surface area contributed by atoms with Crippen LogP contribution < -0.4 is 11.1 Å². The van der Waals surface area contributed by atoms with Crippen molar-refractivity contribution in [2.24, 2.45) is 11.8 Å². The van der Waals surface area contributed by atoms with Gasteiger partial charge >= 0.3 is 11.1 Å². The minimum atomic E-state index is -0.511. The molecule has 1 aromatic heterocycles. The largest absolute Gasteiger partial charge is 0.316 e. The van der Waals surface area contributed by atoms with Crippen molar-refractivity contribution in [3.05, 3.63) is 45.0 Å². The van der Waals surface area contributed by atoms with Crippen LogP contribution in [0.5, 0.6) is 0 Å². The lowest BCUT2D eigenvalue weighted by atomic mass is 9.69. The topological polar surface area (TPSA) is 58.1 Å². The molecule has 2 bridgehead atoms. The number of likely N-dealkylation sites (tertiary alicyclic amines) is 1. The Kier molecular flexibility index (Phi) is 5.57. The van der Waals surface area contributed by atoms with E-state index in [2.05, 4.69) is 16.8 Å². The number of nitrogens with one attached hydrogen (secondary N) is 1. The summed E-state index contributed by atoms with van der Waals surface area (Å²) < 4.78 is 1.71. The van der Waals surface area contributed by atoms with Crippen molar-refractivity contribution >= 4 is 11.0 Å². The monoisotopic (exact) mass is 409 g/mol. The third-order valence-corrected chi connectivity index (χ3v) is 8.18. The molecule has 1 unspecified atom stereocenters.